The fourth-order valence-corrected chi connectivity index (χ4v) is 3.81. The van der Waals surface area contributed by atoms with Crippen LogP contribution in [0.5, 0.6) is 0 Å². The summed E-state index contributed by atoms with van der Waals surface area (Å²) in [5.74, 6) is 0.331. The molecule has 0 aliphatic heterocycles. The topological polar surface area (TPSA) is 17.1 Å². The van der Waals surface area contributed by atoms with Gasteiger partial charge in [-0.2, -0.15) is 11.8 Å². The number of carbonyl (C=O) groups excluding carboxylic acids is 1. The van der Waals surface area contributed by atoms with E-state index >= 15 is 0 Å². The maximum Gasteiger partial charge on any atom is 0.147 e. The minimum Gasteiger partial charge on any atom is -0.298 e. The van der Waals surface area contributed by atoms with Crippen molar-refractivity contribution in [2.45, 2.75) is 37.4 Å². The lowest BCUT2D eigenvalue weighted by atomic mass is 10.1. The Labute approximate surface area is 120 Å². The van der Waals surface area contributed by atoms with Crippen molar-refractivity contribution < 1.29 is 9.18 Å². The summed E-state index contributed by atoms with van der Waals surface area (Å²) in [5, 5.41) is 0.640. The molecule has 0 radical (unpaired) electrons. The molecule has 0 atom stereocenters. The number of carbonyl (C=O) groups is 1. The first-order valence-corrected chi connectivity index (χ1v) is 8.06. The van der Waals surface area contributed by atoms with Crippen LogP contribution in [0.1, 0.15) is 31.2 Å². The highest BCUT2D eigenvalue weighted by Crippen LogP contribution is 2.29. The molecule has 1 aliphatic carbocycles. The summed E-state index contributed by atoms with van der Waals surface area (Å²) < 4.78 is 14.3. The average Bonchev–Trinajstić information content (AvgIpc) is 2.84. The van der Waals surface area contributed by atoms with Crippen LogP contribution in [0.3, 0.4) is 0 Å². The molecule has 0 N–H and O–H groups in total. The van der Waals surface area contributed by atoms with Gasteiger partial charge in [-0.1, -0.05) is 28.8 Å². The fourth-order valence-electron chi connectivity index (χ4n) is 2.21. The summed E-state index contributed by atoms with van der Waals surface area (Å²) >= 11 is 5.03. The van der Waals surface area contributed by atoms with Gasteiger partial charge < -0.3 is 0 Å². The van der Waals surface area contributed by atoms with Gasteiger partial charge >= 0.3 is 0 Å². The lowest BCUT2D eigenvalue weighted by Gasteiger charge is -2.08. The average molecular weight is 331 g/mol. The third-order valence-corrected chi connectivity index (χ3v) is 5.10. The van der Waals surface area contributed by atoms with Crippen molar-refractivity contribution in [3.8, 4) is 0 Å². The van der Waals surface area contributed by atoms with E-state index in [9.17, 15) is 9.18 Å². The third kappa shape index (κ3) is 4.09. The maximum atomic E-state index is 13.5. The molecule has 18 heavy (non-hydrogen) atoms. The molecular formula is C14H16BrFOS. The monoisotopic (exact) mass is 330 g/mol. The molecule has 1 nitrogen and oxygen atoms in total. The molecule has 0 spiro atoms. The second-order valence-corrected chi connectivity index (χ2v) is 6.87. The van der Waals surface area contributed by atoms with Crippen LogP contribution in [0.25, 0.3) is 0 Å². The Morgan fingerprint density at radius 1 is 1.39 bits per heavy atom. The summed E-state index contributed by atoms with van der Waals surface area (Å²) in [5.41, 5.74) is 0.487. The molecule has 0 saturated heterocycles. The largest absolute Gasteiger partial charge is 0.298 e. The molecule has 0 amide bonds. The Hall–Kier alpha value is -0.350. The van der Waals surface area contributed by atoms with Crippen LogP contribution < -0.4 is 0 Å². The first kappa shape index (κ1) is 14.1. The van der Waals surface area contributed by atoms with Crippen molar-refractivity contribution in [3.05, 3.63) is 34.1 Å². The first-order valence-electron chi connectivity index (χ1n) is 6.22. The Bertz CT molecular complexity index is 430. The van der Waals surface area contributed by atoms with Gasteiger partial charge in [-0.3, -0.25) is 4.79 Å². The molecule has 1 aliphatic rings. The zero-order valence-corrected chi connectivity index (χ0v) is 12.5. The second-order valence-electron chi connectivity index (χ2n) is 4.67. The van der Waals surface area contributed by atoms with Gasteiger partial charge in [-0.25, -0.2) is 4.39 Å². The zero-order valence-electron chi connectivity index (χ0n) is 10.1. The quantitative estimate of drug-likeness (QED) is 0.797. The van der Waals surface area contributed by atoms with Gasteiger partial charge in [0.15, 0.2) is 0 Å². The summed E-state index contributed by atoms with van der Waals surface area (Å²) in [6, 6.07) is 4.74. The summed E-state index contributed by atoms with van der Waals surface area (Å²) in [7, 11) is 0. The van der Waals surface area contributed by atoms with Gasteiger partial charge in [0.2, 0.25) is 0 Å². The molecule has 0 aromatic heterocycles. The highest BCUT2D eigenvalue weighted by molar-refractivity contribution is 9.10. The molecular weight excluding hydrogens is 315 g/mol. The van der Waals surface area contributed by atoms with E-state index in [2.05, 4.69) is 15.9 Å². The summed E-state index contributed by atoms with van der Waals surface area (Å²) in [4.78, 5) is 11.8. The number of ketones is 1. The number of hydrogen-bond donors (Lipinski definition) is 0. The Balaban J connectivity index is 1.84. The number of benzene rings is 1. The molecule has 1 aromatic carbocycles. The third-order valence-electron chi connectivity index (χ3n) is 3.18. The molecule has 0 heterocycles. The van der Waals surface area contributed by atoms with Gasteiger partial charge in [0, 0.05) is 16.1 Å². The Morgan fingerprint density at radius 2 is 2.11 bits per heavy atom. The number of halogens is 2. The lowest BCUT2D eigenvalue weighted by molar-refractivity contribution is -0.116. The van der Waals surface area contributed by atoms with Crippen molar-refractivity contribution >= 4 is 33.5 Å². The van der Waals surface area contributed by atoms with Crippen molar-refractivity contribution in [1.29, 1.82) is 0 Å². The van der Waals surface area contributed by atoms with E-state index in [1.807, 2.05) is 0 Å². The van der Waals surface area contributed by atoms with Crippen molar-refractivity contribution in [2.24, 2.45) is 0 Å². The minimum absolute atomic E-state index is 0.115. The minimum atomic E-state index is -0.294. The predicted molar refractivity (Wildman–Crippen MR) is 77.5 cm³/mol. The molecule has 98 valence electrons. The van der Waals surface area contributed by atoms with Crippen LogP contribution in [-0.4, -0.2) is 16.8 Å². The predicted octanol–water partition coefficient (Wildman–Crippen LogP) is 4.38. The molecule has 0 bridgehead atoms. The molecule has 2 rings (SSSR count). The van der Waals surface area contributed by atoms with Gasteiger partial charge in [0.1, 0.15) is 11.6 Å². The number of hydrogen-bond acceptors (Lipinski definition) is 2. The van der Waals surface area contributed by atoms with Gasteiger partial charge in [-0.15, -0.1) is 0 Å². The Kier molecular flexibility index (Phi) is 5.25. The standard InChI is InChI=1S/C14H16BrFOS/c15-11-5-6-14(16)10(7-11)8-12(17)9-18-13-3-1-2-4-13/h5-7,13H,1-4,8-9H2. The highest BCUT2D eigenvalue weighted by Gasteiger charge is 2.17. The molecule has 0 unspecified atom stereocenters. The van der Waals surface area contributed by atoms with E-state index in [0.29, 0.717) is 16.6 Å². The van der Waals surface area contributed by atoms with E-state index in [1.165, 1.54) is 31.7 Å². The molecule has 1 fully saturated rings. The van der Waals surface area contributed by atoms with E-state index in [0.717, 1.165) is 4.47 Å². The maximum absolute atomic E-state index is 13.5. The van der Waals surface area contributed by atoms with Crippen LogP contribution in [0, 0.1) is 5.82 Å². The number of thioether (sulfide) groups is 1. The van der Waals surface area contributed by atoms with Gasteiger partial charge in [0.25, 0.3) is 0 Å². The molecule has 1 saturated carbocycles. The van der Waals surface area contributed by atoms with E-state index in [4.69, 9.17) is 0 Å². The summed E-state index contributed by atoms with van der Waals surface area (Å²) in [6.07, 6.45) is 5.22. The van der Waals surface area contributed by atoms with Gasteiger partial charge in [0.05, 0.1) is 5.75 Å². The zero-order chi connectivity index (χ0) is 13.0. The molecule has 4 heteroatoms. The van der Waals surface area contributed by atoms with Crippen molar-refractivity contribution in [2.75, 3.05) is 5.75 Å². The number of rotatable bonds is 5. The lowest BCUT2D eigenvalue weighted by Crippen LogP contribution is -2.10. The highest BCUT2D eigenvalue weighted by atomic mass is 79.9. The number of Topliss-reactive ketones (excluding diaryl/α,β-unsaturated/α-hetero) is 1. The van der Waals surface area contributed by atoms with Crippen LogP contribution in [0.15, 0.2) is 22.7 Å². The Morgan fingerprint density at radius 3 is 2.83 bits per heavy atom. The van der Waals surface area contributed by atoms with Crippen LogP contribution in [0.4, 0.5) is 4.39 Å². The van der Waals surface area contributed by atoms with E-state index < -0.39 is 0 Å². The normalized spacial score (nSPS) is 16.1. The van der Waals surface area contributed by atoms with Crippen molar-refractivity contribution in [3.63, 3.8) is 0 Å². The van der Waals surface area contributed by atoms with E-state index in [-0.39, 0.29) is 18.0 Å². The fraction of sp³-hybridized carbons (Fsp3) is 0.500. The van der Waals surface area contributed by atoms with Crippen LogP contribution >= 0.6 is 27.7 Å². The van der Waals surface area contributed by atoms with Gasteiger partial charge in [-0.05, 0) is 36.6 Å². The SMILES string of the molecule is O=C(CSC1CCCC1)Cc1cc(Br)ccc1F. The van der Waals surface area contributed by atoms with Crippen LogP contribution in [-0.2, 0) is 11.2 Å². The first-order chi connectivity index (χ1) is 8.65. The second kappa shape index (κ2) is 6.71. The summed E-state index contributed by atoms with van der Waals surface area (Å²) in [6.45, 7) is 0. The molecule has 1 aromatic rings. The van der Waals surface area contributed by atoms with Crippen molar-refractivity contribution in [1.82, 2.24) is 0 Å². The van der Waals surface area contributed by atoms with E-state index in [1.54, 1.807) is 23.9 Å². The smallest absolute Gasteiger partial charge is 0.147 e. The van der Waals surface area contributed by atoms with Crippen LogP contribution in [0.2, 0.25) is 0 Å².